The molecule has 2 rings (SSSR count). The summed E-state index contributed by atoms with van der Waals surface area (Å²) in [7, 11) is 0. The van der Waals surface area contributed by atoms with Crippen molar-refractivity contribution < 1.29 is 19.3 Å². The fraction of sp³-hybridized carbons (Fsp3) is 0.571. The van der Waals surface area contributed by atoms with Crippen LogP contribution in [0, 0.1) is 0 Å². The Bertz CT molecular complexity index is 379. The van der Waals surface area contributed by atoms with Gasteiger partial charge in [0.2, 0.25) is 0 Å². The summed E-state index contributed by atoms with van der Waals surface area (Å²) in [4.78, 5) is 0. The molecule has 0 aliphatic carbocycles. The molecule has 1 N–H and O–H groups in total. The fourth-order valence-corrected chi connectivity index (χ4v) is 2.08. The largest absolute Gasteiger partial charge is 0.489 e. The first-order valence-electron chi connectivity index (χ1n) is 6.50. The maximum absolute atomic E-state index is 9.81. The number of benzene rings is 1. The first-order chi connectivity index (χ1) is 9.25. The van der Waals surface area contributed by atoms with E-state index in [-0.39, 0.29) is 19.3 Å². The zero-order chi connectivity index (χ0) is 13.5. The molecule has 1 heterocycles. The number of hydrogen-bond donors (Lipinski definition) is 1. The summed E-state index contributed by atoms with van der Waals surface area (Å²) in [5.41, 5.74) is 0. The van der Waals surface area contributed by atoms with E-state index in [9.17, 15) is 5.11 Å². The smallest absolute Gasteiger partial charge is 0.138 e. The van der Waals surface area contributed by atoms with Gasteiger partial charge in [-0.15, -0.1) is 0 Å². The first-order valence-corrected chi connectivity index (χ1v) is 6.88. The van der Waals surface area contributed by atoms with Crippen molar-refractivity contribution in [2.45, 2.75) is 25.0 Å². The number of hydrogen-bond acceptors (Lipinski definition) is 4. The molecular weight excluding hydrogens is 268 g/mol. The van der Waals surface area contributed by atoms with Crippen LogP contribution in [0.5, 0.6) is 5.75 Å². The Labute approximate surface area is 118 Å². The number of aliphatic hydroxyl groups excluding tert-OH is 1. The third-order valence-corrected chi connectivity index (χ3v) is 3.27. The van der Waals surface area contributed by atoms with Crippen LogP contribution in [-0.2, 0) is 9.47 Å². The van der Waals surface area contributed by atoms with Crippen LogP contribution in [0.2, 0.25) is 5.02 Å². The Morgan fingerprint density at radius 2 is 2.00 bits per heavy atom. The van der Waals surface area contributed by atoms with Gasteiger partial charge in [-0.05, 0) is 25.0 Å². The molecule has 1 saturated heterocycles. The van der Waals surface area contributed by atoms with Crippen molar-refractivity contribution in [3.05, 3.63) is 29.3 Å². The monoisotopic (exact) mass is 286 g/mol. The van der Waals surface area contributed by atoms with Gasteiger partial charge in [-0.3, -0.25) is 0 Å². The minimum Gasteiger partial charge on any atom is -0.489 e. The molecule has 0 spiro atoms. The normalized spacial score (nSPS) is 18.2. The van der Waals surface area contributed by atoms with Crippen LogP contribution >= 0.6 is 11.6 Å². The summed E-state index contributed by atoms with van der Waals surface area (Å²) in [6.07, 6.45) is 1.30. The molecule has 0 radical (unpaired) electrons. The molecule has 1 aromatic carbocycles. The molecule has 1 aromatic rings. The highest BCUT2D eigenvalue weighted by Crippen LogP contribution is 2.23. The highest BCUT2D eigenvalue weighted by atomic mass is 35.5. The van der Waals surface area contributed by atoms with Crippen LogP contribution in [0.15, 0.2) is 24.3 Å². The topological polar surface area (TPSA) is 47.9 Å². The fourth-order valence-electron chi connectivity index (χ4n) is 1.89. The molecule has 106 valence electrons. The van der Waals surface area contributed by atoms with Crippen LogP contribution in [0.25, 0.3) is 0 Å². The average molecular weight is 287 g/mol. The van der Waals surface area contributed by atoms with E-state index in [1.807, 2.05) is 12.1 Å². The van der Waals surface area contributed by atoms with Crippen LogP contribution in [0.3, 0.4) is 0 Å². The van der Waals surface area contributed by atoms with Crippen LogP contribution < -0.4 is 4.74 Å². The Kier molecular flexibility index (Phi) is 5.92. The van der Waals surface area contributed by atoms with Gasteiger partial charge in [0.1, 0.15) is 18.5 Å². The summed E-state index contributed by atoms with van der Waals surface area (Å²) in [6, 6.07) is 7.20. The van der Waals surface area contributed by atoms with Crippen molar-refractivity contribution in [1.29, 1.82) is 0 Å². The predicted octanol–water partition coefficient (Wildman–Crippen LogP) is 2.28. The van der Waals surface area contributed by atoms with Crippen molar-refractivity contribution in [3.63, 3.8) is 0 Å². The van der Waals surface area contributed by atoms with Gasteiger partial charge in [0, 0.05) is 13.2 Å². The zero-order valence-electron chi connectivity index (χ0n) is 10.8. The Morgan fingerprint density at radius 1 is 1.26 bits per heavy atom. The van der Waals surface area contributed by atoms with Gasteiger partial charge in [0.15, 0.2) is 0 Å². The van der Waals surface area contributed by atoms with E-state index < -0.39 is 6.10 Å². The summed E-state index contributed by atoms with van der Waals surface area (Å²) < 4.78 is 16.3. The highest BCUT2D eigenvalue weighted by molar-refractivity contribution is 6.32. The van der Waals surface area contributed by atoms with Crippen LogP contribution in [-0.4, -0.2) is 43.7 Å². The molecule has 0 bridgehead atoms. The summed E-state index contributed by atoms with van der Waals surface area (Å²) >= 11 is 5.95. The predicted molar refractivity (Wildman–Crippen MR) is 72.7 cm³/mol. The Balaban J connectivity index is 1.66. The van der Waals surface area contributed by atoms with Gasteiger partial charge in [-0.25, -0.2) is 0 Å². The molecule has 19 heavy (non-hydrogen) atoms. The van der Waals surface area contributed by atoms with E-state index in [2.05, 4.69) is 0 Å². The highest BCUT2D eigenvalue weighted by Gasteiger charge is 2.16. The Hall–Kier alpha value is -0.810. The quantitative estimate of drug-likeness (QED) is 0.871. The number of aliphatic hydroxyl groups is 1. The van der Waals surface area contributed by atoms with E-state index in [1.54, 1.807) is 12.1 Å². The molecule has 1 unspecified atom stereocenters. The molecule has 1 fully saturated rings. The third kappa shape index (κ3) is 4.99. The molecule has 0 saturated carbocycles. The van der Waals surface area contributed by atoms with Gasteiger partial charge in [0.25, 0.3) is 0 Å². The van der Waals surface area contributed by atoms with Crippen LogP contribution in [0.1, 0.15) is 12.8 Å². The van der Waals surface area contributed by atoms with Gasteiger partial charge < -0.3 is 19.3 Å². The second-order valence-electron chi connectivity index (χ2n) is 4.54. The van der Waals surface area contributed by atoms with E-state index in [0.717, 1.165) is 26.1 Å². The molecule has 1 aliphatic rings. The van der Waals surface area contributed by atoms with E-state index in [0.29, 0.717) is 10.8 Å². The van der Waals surface area contributed by atoms with Crippen molar-refractivity contribution in [2.24, 2.45) is 0 Å². The van der Waals surface area contributed by atoms with Crippen LogP contribution in [0.4, 0.5) is 0 Å². The minimum atomic E-state index is -0.654. The minimum absolute atomic E-state index is 0.174. The summed E-state index contributed by atoms with van der Waals surface area (Å²) in [5.74, 6) is 0.578. The summed E-state index contributed by atoms with van der Waals surface area (Å²) in [6.45, 7) is 1.91. The maximum Gasteiger partial charge on any atom is 0.138 e. The van der Waals surface area contributed by atoms with Gasteiger partial charge >= 0.3 is 0 Å². The second kappa shape index (κ2) is 7.70. The van der Waals surface area contributed by atoms with Gasteiger partial charge in [-0.1, -0.05) is 23.7 Å². The van der Waals surface area contributed by atoms with Gasteiger partial charge in [0.05, 0.1) is 17.7 Å². The average Bonchev–Trinajstić information content (AvgIpc) is 2.45. The number of para-hydroxylation sites is 1. The van der Waals surface area contributed by atoms with Crippen molar-refractivity contribution in [2.75, 3.05) is 26.4 Å². The molecule has 0 aromatic heterocycles. The lowest BCUT2D eigenvalue weighted by molar-refractivity contribution is -0.0659. The second-order valence-corrected chi connectivity index (χ2v) is 4.95. The van der Waals surface area contributed by atoms with Crippen molar-refractivity contribution in [3.8, 4) is 5.75 Å². The molecule has 0 amide bonds. The number of ether oxygens (including phenoxy) is 3. The number of halogens is 1. The van der Waals surface area contributed by atoms with Crippen molar-refractivity contribution in [1.82, 2.24) is 0 Å². The molecular formula is C14H19ClO4. The zero-order valence-corrected chi connectivity index (χ0v) is 11.5. The lowest BCUT2D eigenvalue weighted by atomic mass is 10.1. The van der Waals surface area contributed by atoms with E-state index >= 15 is 0 Å². The first kappa shape index (κ1) is 14.6. The van der Waals surface area contributed by atoms with Gasteiger partial charge in [-0.2, -0.15) is 0 Å². The molecule has 1 atom stereocenters. The number of rotatable bonds is 6. The maximum atomic E-state index is 9.81. The Morgan fingerprint density at radius 3 is 2.74 bits per heavy atom. The lowest BCUT2D eigenvalue weighted by Crippen LogP contribution is -2.30. The third-order valence-electron chi connectivity index (χ3n) is 2.96. The molecule has 4 nitrogen and oxygen atoms in total. The summed E-state index contributed by atoms with van der Waals surface area (Å²) in [5, 5.41) is 10.3. The van der Waals surface area contributed by atoms with E-state index in [4.69, 9.17) is 25.8 Å². The lowest BCUT2D eigenvalue weighted by Gasteiger charge is -2.23. The standard InChI is InChI=1S/C14H19ClO4/c15-13-3-1-2-4-14(13)19-10-11(16)9-18-12-5-7-17-8-6-12/h1-4,11-12,16H,5-10H2. The SMILES string of the molecule is OC(COc1ccccc1Cl)COC1CCOCC1. The van der Waals surface area contributed by atoms with E-state index in [1.165, 1.54) is 0 Å². The molecule has 5 heteroatoms. The molecule has 1 aliphatic heterocycles. The van der Waals surface area contributed by atoms with Crippen molar-refractivity contribution >= 4 is 11.6 Å².